The fourth-order valence-electron chi connectivity index (χ4n) is 3.62. The number of fused-ring (bicyclic) bond motifs is 2. The maximum atomic E-state index is 13.0. The van der Waals surface area contributed by atoms with E-state index in [1.54, 1.807) is 0 Å². The van der Waals surface area contributed by atoms with E-state index in [-0.39, 0.29) is 11.7 Å². The number of thiol groups is 1. The Morgan fingerprint density at radius 2 is 1.77 bits per heavy atom. The van der Waals surface area contributed by atoms with Gasteiger partial charge in [0.15, 0.2) is 0 Å². The summed E-state index contributed by atoms with van der Waals surface area (Å²) in [6, 6.07) is 20.7. The van der Waals surface area contributed by atoms with Gasteiger partial charge in [-0.05, 0) is 16.8 Å². The summed E-state index contributed by atoms with van der Waals surface area (Å²) in [4.78, 5) is 31.7. The van der Waals surface area contributed by atoms with Crippen LogP contribution in [0.5, 0.6) is 0 Å². The average molecular weight is 419 g/mol. The number of nitrogens with zero attached hydrogens (tertiary/aromatic N) is 2. The number of benzene rings is 3. The number of para-hydroxylation sites is 1. The molecule has 1 aliphatic heterocycles. The molecular formula is C23H22N4O2S. The lowest BCUT2D eigenvalue weighted by Gasteiger charge is -2.25. The van der Waals surface area contributed by atoms with Crippen LogP contribution in [0, 0.1) is 0 Å². The Kier molecular flexibility index (Phi) is 5.57. The maximum Gasteiger partial charge on any atom is 0.269 e. The molecule has 0 spiro atoms. The normalized spacial score (nSPS) is 16.8. The Bertz CT molecular complexity index is 1160. The molecule has 0 aliphatic carbocycles. The Morgan fingerprint density at radius 1 is 1.10 bits per heavy atom. The molecule has 0 fully saturated rings. The number of amides is 2. The van der Waals surface area contributed by atoms with Gasteiger partial charge in [0.25, 0.3) is 5.91 Å². The molecule has 3 aromatic rings. The highest BCUT2D eigenvalue weighted by Gasteiger charge is 2.33. The fraction of sp³-hybridized carbons (Fsp3) is 0.174. The number of carbonyl (C=O) groups excluding carboxylic acids is 2. The summed E-state index contributed by atoms with van der Waals surface area (Å²) in [6.07, 6.45) is -1.05. The minimum atomic E-state index is -1.05. The molecule has 7 heteroatoms. The van der Waals surface area contributed by atoms with Crippen LogP contribution < -0.4 is 11.1 Å². The van der Waals surface area contributed by atoms with Gasteiger partial charge >= 0.3 is 0 Å². The first-order chi connectivity index (χ1) is 14.5. The summed E-state index contributed by atoms with van der Waals surface area (Å²) >= 11 is 4.10. The van der Waals surface area contributed by atoms with Crippen molar-refractivity contribution in [2.75, 3.05) is 18.1 Å². The van der Waals surface area contributed by atoms with E-state index >= 15 is 0 Å². The summed E-state index contributed by atoms with van der Waals surface area (Å²) in [5, 5.41) is 4.99. The first-order valence-corrected chi connectivity index (χ1v) is 10.2. The van der Waals surface area contributed by atoms with Crippen molar-refractivity contribution in [1.82, 2.24) is 4.90 Å². The monoisotopic (exact) mass is 418 g/mol. The van der Waals surface area contributed by atoms with Crippen molar-refractivity contribution in [3.8, 4) is 0 Å². The molecule has 2 atom stereocenters. The molecule has 3 N–H and O–H groups in total. The number of hydrogen-bond donors (Lipinski definition) is 3. The molecule has 4 rings (SSSR count). The van der Waals surface area contributed by atoms with Crippen LogP contribution in [0.15, 0.2) is 71.7 Å². The quantitative estimate of drug-likeness (QED) is 0.569. The molecule has 152 valence electrons. The van der Waals surface area contributed by atoms with Crippen molar-refractivity contribution >= 4 is 46.6 Å². The first kappa shape index (κ1) is 20.1. The van der Waals surface area contributed by atoms with Crippen LogP contribution >= 0.6 is 12.6 Å². The second kappa shape index (κ2) is 8.30. The highest BCUT2D eigenvalue weighted by molar-refractivity contribution is 7.80. The smallest absolute Gasteiger partial charge is 0.269 e. The lowest BCUT2D eigenvalue weighted by Crippen LogP contribution is -2.50. The number of nitrogens with one attached hydrogen (secondary N) is 1. The molecule has 0 saturated carbocycles. The minimum absolute atomic E-state index is 0.178. The number of likely N-dealkylation sites (N-methyl/N-ethyl adjacent to an activating group) is 1. The van der Waals surface area contributed by atoms with Gasteiger partial charge in [0.2, 0.25) is 12.1 Å². The topological polar surface area (TPSA) is 87.8 Å². The summed E-state index contributed by atoms with van der Waals surface area (Å²) in [7, 11) is 1.54. The molecule has 1 unspecified atom stereocenters. The number of carbonyl (C=O) groups is 2. The predicted molar refractivity (Wildman–Crippen MR) is 123 cm³/mol. The number of benzodiazepines with no additional fused rings is 1. The third kappa shape index (κ3) is 3.58. The summed E-state index contributed by atoms with van der Waals surface area (Å²) < 4.78 is 0. The van der Waals surface area contributed by atoms with E-state index in [9.17, 15) is 9.59 Å². The highest BCUT2D eigenvalue weighted by atomic mass is 32.1. The molecule has 3 aromatic carbocycles. The average Bonchev–Trinajstić information content (AvgIpc) is 2.93. The van der Waals surface area contributed by atoms with Crippen LogP contribution in [0.2, 0.25) is 0 Å². The minimum Gasteiger partial charge on any atom is -0.322 e. The van der Waals surface area contributed by atoms with Crippen molar-refractivity contribution in [2.24, 2.45) is 10.7 Å². The summed E-state index contributed by atoms with van der Waals surface area (Å²) in [6.45, 7) is 0. The van der Waals surface area contributed by atoms with Crippen LogP contribution in [-0.2, 0) is 9.59 Å². The standard InChI is InChI=1S/C23H22N4O2S/c1-27(23(29)18(24)13-30)21-22(28)25-19-12-5-4-10-17(19)20(26-21)16-11-6-8-14-7-2-3-9-15(14)16/h2-12,18,21,30H,13,24H2,1H3,(H,25,28)/t18-,21?/m1/s1. The van der Waals surface area contributed by atoms with Gasteiger partial charge in [0.05, 0.1) is 17.4 Å². The number of rotatable bonds is 4. The van der Waals surface area contributed by atoms with Crippen LogP contribution in [0.4, 0.5) is 5.69 Å². The molecule has 1 heterocycles. The van der Waals surface area contributed by atoms with Crippen molar-refractivity contribution in [3.05, 3.63) is 77.9 Å². The molecule has 0 radical (unpaired) electrons. The second-order valence-electron chi connectivity index (χ2n) is 7.15. The Labute approximate surface area is 180 Å². The summed E-state index contributed by atoms with van der Waals surface area (Å²) in [5.41, 5.74) is 8.84. The van der Waals surface area contributed by atoms with E-state index in [1.165, 1.54) is 11.9 Å². The van der Waals surface area contributed by atoms with Gasteiger partial charge in [-0.1, -0.05) is 60.7 Å². The lowest BCUT2D eigenvalue weighted by atomic mass is 9.95. The van der Waals surface area contributed by atoms with Crippen LogP contribution in [0.3, 0.4) is 0 Å². The third-order valence-electron chi connectivity index (χ3n) is 5.20. The molecule has 2 amide bonds. The fourth-order valence-corrected chi connectivity index (χ4v) is 3.77. The van der Waals surface area contributed by atoms with Crippen LogP contribution in [0.25, 0.3) is 10.8 Å². The van der Waals surface area contributed by atoms with Crippen molar-refractivity contribution < 1.29 is 9.59 Å². The Morgan fingerprint density at radius 3 is 2.57 bits per heavy atom. The Hall–Kier alpha value is -3.16. The predicted octanol–water partition coefficient (Wildman–Crippen LogP) is 2.67. The van der Waals surface area contributed by atoms with E-state index < -0.39 is 18.1 Å². The second-order valence-corrected chi connectivity index (χ2v) is 7.52. The van der Waals surface area contributed by atoms with Gasteiger partial charge < -0.3 is 16.0 Å². The maximum absolute atomic E-state index is 13.0. The van der Waals surface area contributed by atoms with Crippen molar-refractivity contribution in [1.29, 1.82) is 0 Å². The lowest BCUT2D eigenvalue weighted by molar-refractivity contribution is -0.137. The number of hydrogen-bond acceptors (Lipinski definition) is 5. The molecule has 30 heavy (non-hydrogen) atoms. The molecule has 0 saturated heterocycles. The van der Waals surface area contributed by atoms with E-state index in [0.717, 1.165) is 21.9 Å². The molecule has 0 bridgehead atoms. The van der Waals surface area contributed by atoms with E-state index in [1.807, 2.05) is 66.7 Å². The zero-order valence-corrected chi connectivity index (χ0v) is 17.3. The summed E-state index contributed by atoms with van der Waals surface area (Å²) in [5.74, 6) is -0.602. The molecule has 1 aliphatic rings. The third-order valence-corrected chi connectivity index (χ3v) is 5.59. The van der Waals surface area contributed by atoms with E-state index in [0.29, 0.717) is 11.4 Å². The van der Waals surface area contributed by atoms with E-state index in [4.69, 9.17) is 10.7 Å². The number of aliphatic imine (C=N–C) groups is 1. The van der Waals surface area contributed by atoms with Crippen molar-refractivity contribution in [2.45, 2.75) is 12.2 Å². The van der Waals surface area contributed by atoms with Gasteiger partial charge in [-0.15, -0.1) is 0 Å². The van der Waals surface area contributed by atoms with Crippen molar-refractivity contribution in [3.63, 3.8) is 0 Å². The van der Waals surface area contributed by atoms with Gasteiger partial charge in [0, 0.05) is 23.9 Å². The Balaban J connectivity index is 1.92. The molecule has 6 nitrogen and oxygen atoms in total. The van der Waals surface area contributed by atoms with Gasteiger partial charge in [0.1, 0.15) is 0 Å². The number of anilines is 1. The van der Waals surface area contributed by atoms with Gasteiger partial charge in [-0.2, -0.15) is 12.6 Å². The van der Waals surface area contributed by atoms with E-state index in [2.05, 4.69) is 17.9 Å². The molecule has 0 aromatic heterocycles. The first-order valence-electron chi connectivity index (χ1n) is 9.60. The largest absolute Gasteiger partial charge is 0.322 e. The zero-order valence-electron chi connectivity index (χ0n) is 16.4. The number of nitrogens with two attached hydrogens (primary N) is 1. The molecular weight excluding hydrogens is 396 g/mol. The van der Waals surface area contributed by atoms with Crippen LogP contribution in [-0.4, -0.2) is 47.4 Å². The highest BCUT2D eigenvalue weighted by Crippen LogP contribution is 2.28. The van der Waals surface area contributed by atoms with Gasteiger partial charge in [-0.3, -0.25) is 9.59 Å². The SMILES string of the molecule is CN(C(=O)[C@H](N)CS)C1N=C(c2cccc3ccccc23)c2ccccc2NC1=O. The van der Waals surface area contributed by atoms with Gasteiger partial charge in [-0.25, -0.2) is 4.99 Å². The van der Waals surface area contributed by atoms with Crippen LogP contribution in [0.1, 0.15) is 11.1 Å². The zero-order chi connectivity index (χ0) is 21.3.